The first kappa shape index (κ1) is 13.9. The first-order valence-corrected chi connectivity index (χ1v) is 6.50. The lowest BCUT2D eigenvalue weighted by atomic mass is 9.76. The lowest BCUT2D eigenvalue weighted by Crippen LogP contribution is -2.58. The van der Waals surface area contributed by atoms with Gasteiger partial charge in [0.1, 0.15) is 11.2 Å². The van der Waals surface area contributed by atoms with E-state index in [-0.39, 0.29) is 5.78 Å². The Labute approximate surface area is 108 Å². The zero-order valence-electron chi connectivity index (χ0n) is 11.2. The van der Waals surface area contributed by atoms with Crippen molar-refractivity contribution in [2.45, 2.75) is 36.9 Å². The number of methoxy groups -OCH3 is 2. The van der Waals surface area contributed by atoms with Gasteiger partial charge in [0.2, 0.25) is 0 Å². The maximum absolute atomic E-state index is 12.9. The molecule has 2 saturated heterocycles. The molecule has 0 aromatic heterocycles. The number of hydrogen-bond acceptors (Lipinski definition) is 5. The van der Waals surface area contributed by atoms with Gasteiger partial charge in [0.25, 0.3) is 0 Å². The molecule has 104 valence electrons. The van der Waals surface area contributed by atoms with Gasteiger partial charge in [-0.25, -0.2) is 0 Å². The zero-order chi connectivity index (χ0) is 13.1. The molecule has 18 heavy (non-hydrogen) atoms. The van der Waals surface area contributed by atoms with Gasteiger partial charge in [-0.1, -0.05) is 0 Å². The fourth-order valence-electron chi connectivity index (χ4n) is 2.87. The van der Waals surface area contributed by atoms with Crippen LogP contribution in [-0.2, 0) is 23.7 Å². The van der Waals surface area contributed by atoms with Gasteiger partial charge in [0, 0.05) is 66.3 Å². The van der Waals surface area contributed by atoms with Gasteiger partial charge in [-0.15, -0.1) is 0 Å². The molecule has 0 bridgehead atoms. The number of ether oxygens (including phenoxy) is 4. The molecule has 2 aliphatic rings. The highest BCUT2D eigenvalue weighted by molar-refractivity contribution is 5.95. The molecule has 5 nitrogen and oxygen atoms in total. The maximum Gasteiger partial charge on any atom is 0.196 e. The fraction of sp³-hybridized carbons (Fsp3) is 0.923. The molecule has 0 aromatic rings. The van der Waals surface area contributed by atoms with Crippen molar-refractivity contribution in [1.29, 1.82) is 0 Å². The Morgan fingerprint density at radius 3 is 1.44 bits per heavy atom. The van der Waals surface area contributed by atoms with Crippen LogP contribution in [0.2, 0.25) is 0 Å². The summed E-state index contributed by atoms with van der Waals surface area (Å²) < 4.78 is 21.8. The van der Waals surface area contributed by atoms with Crippen LogP contribution in [-0.4, -0.2) is 57.6 Å². The lowest BCUT2D eigenvalue weighted by molar-refractivity contribution is -0.183. The van der Waals surface area contributed by atoms with E-state index in [4.69, 9.17) is 18.9 Å². The molecular weight excluding hydrogens is 236 g/mol. The molecule has 0 unspecified atom stereocenters. The Bertz CT molecular complexity index is 262. The summed E-state index contributed by atoms with van der Waals surface area (Å²) in [4.78, 5) is 12.9. The van der Waals surface area contributed by atoms with Crippen molar-refractivity contribution in [3.05, 3.63) is 0 Å². The monoisotopic (exact) mass is 258 g/mol. The molecule has 0 amide bonds. The fourth-order valence-corrected chi connectivity index (χ4v) is 2.87. The van der Waals surface area contributed by atoms with Crippen LogP contribution in [0.25, 0.3) is 0 Å². The van der Waals surface area contributed by atoms with E-state index < -0.39 is 11.2 Å². The number of carbonyl (C=O) groups is 1. The van der Waals surface area contributed by atoms with Crippen molar-refractivity contribution in [2.24, 2.45) is 0 Å². The van der Waals surface area contributed by atoms with Crippen LogP contribution < -0.4 is 0 Å². The van der Waals surface area contributed by atoms with E-state index in [0.29, 0.717) is 52.1 Å². The van der Waals surface area contributed by atoms with E-state index in [1.54, 1.807) is 14.2 Å². The average Bonchev–Trinajstić information content (AvgIpc) is 2.48. The summed E-state index contributed by atoms with van der Waals surface area (Å²) in [6, 6.07) is 0. The Morgan fingerprint density at radius 1 is 0.833 bits per heavy atom. The predicted octanol–water partition coefficient (Wildman–Crippen LogP) is 0.947. The van der Waals surface area contributed by atoms with E-state index in [2.05, 4.69) is 0 Å². The second-order valence-electron chi connectivity index (χ2n) is 4.95. The van der Waals surface area contributed by atoms with E-state index in [9.17, 15) is 4.79 Å². The molecule has 0 radical (unpaired) electrons. The van der Waals surface area contributed by atoms with Gasteiger partial charge >= 0.3 is 0 Å². The van der Waals surface area contributed by atoms with Crippen molar-refractivity contribution >= 4 is 5.78 Å². The molecular formula is C13H22O5. The number of ketones is 1. The third-order valence-electron chi connectivity index (χ3n) is 4.21. The standard InChI is InChI=1S/C13H22O5/c1-15-12(3-7-17-8-4-12)11(14)13(16-2)5-9-18-10-6-13/h3-10H2,1-2H3. The number of rotatable bonds is 4. The van der Waals surface area contributed by atoms with Crippen molar-refractivity contribution < 1.29 is 23.7 Å². The van der Waals surface area contributed by atoms with Gasteiger partial charge < -0.3 is 18.9 Å². The summed E-state index contributed by atoms with van der Waals surface area (Å²) in [5, 5.41) is 0. The topological polar surface area (TPSA) is 54.0 Å². The minimum atomic E-state index is -0.744. The van der Waals surface area contributed by atoms with Gasteiger partial charge in [-0.05, 0) is 0 Å². The zero-order valence-corrected chi connectivity index (χ0v) is 11.2. The molecule has 0 aliphatic carbocycles. The Kier molecular flexibility index (Phi) is 4.37. The van der Waals surface area contributed by atoms with Crippen LogP contribution in [0.4, 0.5) is 0 Å². The number of hydrogen-bond donors (Lipinski definition) is 0. The van der Waals surface area contributed by atoms with Crippen LogP contribution in [0.5, 0.6) is 0 Å². The van der Waals surface area contributed by atoms with Crippen molar-refractivity contribution in [2.75, 3.05) is 40.6 Å². The van der Waals surface area contributed by atoms with E-state index in [1.807, 2.05) is 0 Å². The molecule has 2 fully saturated rings. The molecule has 0 saturated carbocycles. The number of Topliss-reactive ketones (excluding diaryl/α,β-unsaturated/α-hetero) is 1. The smallest absolute Gasteiger partial charge is 0.196 e. The quantitative estimate of drug-likeness (QED) is 0.751. The predicted molar refractivity (Wildman–Crippen MR) is 64.6 cm³/mol. The summed E-state index contributed by atoms with van der Waals surface area (Å²) in [5.41, 5.74) is -1.49. The average molecular weight is 258 g/mol. The normalized spacial score (nSPS) is 26.8. The van der Waals surface area contributed by atoms with Gasteiger partial charge in [-0.3, -0.25) is 4.79 Å². The third-order valence-corrected chi connectivity index (χ3v) is 4.21. The van der Waals surface area contributed by atoms with E-state index in [0.717, 1.165) is 0 Å². The maximum atomic E-state index is 12.9. The van der Waals surface area contributed by atoms with Crippen LogP contribution in [0, 0.1) is 0 Å². The summed E-state index contributed by atoms with van der Waals surface area (Å²) in [6.45, 7) is 2.26. The second kappa shape index (κ2) is 5.65. The van der Waals surface area contributed by atoms with E-state index >= 15 is 0 Å². The van der Waals surface area contributed by atoms with Crippen molar-refractivity contribution in [3.63, 3.8) is 0 Å². The lowest BCUT2D eigenvalue weighted by Gasteiger charge is -2.43. The summed E-state index contributed by atoms with van der Waals surface area (Å²) in [6.07, 6.45) is 2.42. The van der Waals surface area contributed by atoms with Gasteiger partial charge in [-0.2, -0.15) is 0 Å². The largest absolute Gasteiger partial charge is 0.381 e. The molecule has 0 aromatic carbocycles. The van der Waals surface area contributed by atoms with Crippen molar-refractivity contribution in [1.82, 2.24) is 0 Å². The van der Waals surface area contributed by atoms with Crippen LogP contribution in [0.1, 0.15) is 25.7 Å². The van der Waals surface area contributed by atoms with Crippen molar-refractivity contribution in [3.8, 4) is 0 Å². The molecule has 5 heteroatoms. The third kappa shape index (κ3) is 2.32. The van der Waals surface area contributed by atoms with Crippen LogP contribution in [0.3, 0.4) is 0 Å². The van der Waals surface area contributed by atoms with Crippen LogP contribution >= 0.6 is 0 Å². The second-order valence-corrected chi connectivity index (χ2v) is 4.95. The summed E-state index contributed by atoms with van der Waals surface area (Å²) in [7, 11) is 3.21. The number of carbonyl (C=O) groups excluding carboxylic acids is 1. The minimum absolute atomic E-state index is 0.0617. The Hall–Kier alpha value is -0.490. The highest BCUT2D eigenvalue weighted by atomic mass is 16.5. The Morgan fingerprint density at radius 2 is 1.17 bits per heavy atom. The minimum Gasteiger partial charge on any atom is -0.381 e. The van der Waals surface area contributed by atoms with Gasteiger partial charge in [0.05, 0.1) is 0 Å². The molecule has 0 spiro atoms. The first-order chi connectivity index (χ1) is 8.69. The highest BCUT2D eigenvalue weighted by Crippen LogP contribution is 2.36. The first-order valence-electron chi connectivity index (χ1n) is 6.50. The molecule has 2 aliphatic heterocycles. The Balaban J connectivity index is 2.20. The molecule has 0 N–H and O–H groups in total. The SMILES string of the molecule is COC1(C(=O)C2(OC)CCOCC2)CCOCC1. The molecule has 2 rings (SSSR count). The van der Waals surface area contributed by atoms with Gasteiger partial charge in [0.15, 0.2) is 5.78 Å². The van der Waals surface area contributed by atoms with E-state index in [1.165, 1.54) is 0 Å². The molecule has 2 heterocycles. The highest BCUT2D eigenvalue weighted by Gasteiger charge is 2.52. The summed E-state index contributed by atoms with van der Waals surface area (Å²) in [5.74, 6) is 0.0617. The van der Waals surface area contributed by atoms with Crippen LogP contribution in [0.15, 0.2) is 0 Å². The molecule has 0 atom stereocenters. The summed E-state index contributed by atoms with van der Waals surface area (Å²) >= 11 is 0.